The normalized spacial score (nSPS) is 17.6. The van der Waals surface area contributed by atoms with Crippen LogP contribution in [-0.2, 0) is 14.8 Å². The summed E-state index contributed by atoms with van der Waals surface area (Å²) in [5.41, 5.74) is 0. The van der Waals surface area contributed by atoms with Gasteiger partial charge in [-0.3, -0.25) is 0 Å². The van der Waals surface area contributed by atoms with Crippen LogP contribution in [-0.4, -0.2) is 56.2 Å². The zero-order valence-corrected chi connectivity index (χ0v) is 12.2. The van der Waals surface area contributed by atoms with Crippen LogP contribution in [0.5, 0.6) is 0 Å². The van der Waals surface area contributed by atoms with Crippen molar-refractivity contribution in [1.82, 2.24) is 9.29 Å². The first-order valence-electron chi connectivity index (χ1n) is 5.95. The summed E-state index contributed by atoms with van der Waals surface area (Å²) in [4.78, 5) is 3.97. The fraction of sp³-hybridized carbons (Fsp3) is 0.545. The van der Waals surface area contributed by atoms with Crippen LogP contribution in [0.2, 0.25) is 0 Å². The quantitative estimate of drug-likeness (QED) is 0.768. The third-order valence-electron chi connectivity index (χ3n) is 2.67. The van der Waals surface area contributed by atoms with Crippen LogP contribution in [0.15, 0.2) is 28.3 Å². The van der Waals surface area contributed by atoms with Gasteiger partial charge in [0, 0.05) is 19.3 Å². The van der Waals surface area contributed by atoms with Gasteiger partial charge in [0.25, 0.3) is 0 Å². The number of aromatic nitrogens is 1. The molecule has 2 rings (SSSR count). The molecule has 0 atom stereocenters. The molecule has 1 aromatic rings. The fourth-order valence-electron chi connectivity index (χ4n) is 1.69. The van der Waals surface area contributed by atoms with Crippen molar-refractivity contribution in [2.45, 2.75) is 16.3 Å². The number of thioether (sulfide) groups is 1. The van der Waals surface area contributed by atoms with E-state index in [4.69, 9.17) is 4.74 Å². The molecule has 0 aliphatic carbocycles. The van der Waals surface area contributed by atoms with Gasteiger partial charge < -0.3 is 4.74 Å². The number of rotatable bonds is 5. The summed E-state index contributed by atoms with van der Waals surface area (Å²) in [6, 6.07) is 2.84. The average Bonchev–Trinajstić information content (AvgIpc) is 2.46. The van der Waals surface area contributed by atoms with Crippen molar-refractivity contribution in [2.24, 2.45) is 0 Å². The molecule has 0 saturated carbocycles. The molecule has 1 aromatic heterocycles. The SMILES string of the molecule is O=S(=O)(c1ccc(SCC(F)F)nc1)N1CCOCC1. The minimum Gasteiger partial charge on any atom is -0.379 e. The highest BCUT2D eigenvalue weighted by Gasteiger charge is 2.26. The molecule has 112 valence electrons. The van der Waals surface area contributed by atoms with Crippen LogP contribution in [0, 0.1) is 0 Å². The number of morpholine rings is 1. The molecule has 0 amide bonds. The van der Waals surface area contributed by atoms with Gasteiger partial charge in [-0.05, 0) is 12.1 Å². The molecule has 0 radical (unpaired) electrons. The minimum atomic E-state index is -3.58. The summed E-state index contributed by atoms with van der Waals surface area (Å²) in [5.74, 6) is -0.359. The first-order chi connectivity index (χ1) is 9.50. The van der Waals surface area contributed by atoms with E-state index in [0.29, 0.717) is 31.3 Å². The number of nitrogens with zero attached hydrogens (tertiary/aromatic N) is 2. The number of hydrogen-bond donors (Lipinski definition) is 0. The Morgan fingerprint density at radius 2 is 2.05 bits per heavy atom. The molecule has 0 bridgehead atoms. The number of halogens is 2. The maximum atomic E-state index is 12.3. The Hall–Kier alpha value is -0.770. The summed E-state index contributed by atoms with van der Waals surface area (Å²) >= 11 is 0.894. The van der Waals surface area contributed by atoms with E-state index < -0.39 is 16.4 Å². The molecule has 2 heterocycles. The van der Waals surface area contributed by atoms with Gasteiger partial charge >= 0.3 is 0 Å². The van der Waals surface area contributed by atoms with Crippen molar-refractivity contribution in [2.75, 3.05) is 32.1 Å². The van der Waals surface area contributed by atoms with E-state index in [1.807, 2.05) is 0 Å². The van der Waals surface area contributed by atoms with Crippen LogP contribution in [0.1, 0.15) is 0 Å². The van der Waals surface area contributed by atoms with E-state index >= 15 is 0 Å². The molecule has 0 N–H and O–H groups in total. The van der Waals surface area contributed by atoms with Gasteiger partial charge in [0.1, 0.15) is 4.90 Å². The maximum Gasteiger partial charge on any atom is 0.247 e. The zero-order valence-electron chi connectivity index (χ0n) is 10.5. The summed E-state index contributed by atoms with van der Waals surface area (Å²) in [6.45, 7) is 1.36. The lowest BCUT2D eigenvalue weighted by Crippen LogP contribution is -2.40. The predicted molar refractivity (Wildman–Crippen MR) is 70.5 cm³/mol. The Bertz CT molecular complexity index is 531. The highest BCUT2D eigenvalue weighted by molar-refractivity contribution is 7.99. The van der Waals surface area contributed by atoms with Gasteiger partial charge in [-0.1, -0.05) is 0 Å². The lowest BCUT2D eigenvalue weighted by atomic mass is 10.5. The van der Waals surface area contributed by atoms with Gasteiger partial charge in [-0.2, -0.15) is 4.31 Å². The second-order valence-corrected chi connectivity index (χ2v) is 7.03. The molecule has 1 aliphatic heterocycles. The smallest absolute Gasteiger partial charge is 0.247 e. The van der Waals surface area contributed by atoms with Gasteiger partial charge in [0.2, 0.25) is 16.4 Å². The van der Waals surface area contributed by atoms with Crippen LogP contribution < -0.4 is 0 Å². The van der Waals surface area contributed by atoms with Crippen LogP contribution in [0.3, 0.4) is 0 Å². The molecule has 5 nitrogen and oxygen atoms in total. The summed E-state index contributed by atoms with van der Waals surface area (Å²) in [7, 11) is -3.58. The molecule has 0 unspecified atom stereocenters. The molecule has 0 aromatic carbocycles. The van der Waals surface area contributed by atoms with E-state index in [1.165, 1.54) is 22.6 Å². The lowest BCUT2D eigenvalue weighted by Gasteiger charge is -2.25. The molecule has 1 aliphatic rings. The summed E-state index contributed by atoms with van der Waals surface area (Å²) < 4.78 is 55.1. The van der Waals surface area contributed by atoms with Crippen LogP contribution in [0.4, 0.5) is 8.78 Å². The predicted octanol–water partition coefficient (Wildman–Crippen LogP) is 1.46. The third kappa shape index (κ3) is 3.87. The fourth-order valence-corrected chi connectivity index (χ4v) is 3.63. The largest absolute Gasteiger partial charge is 0.379 e. The zero-order chi connectivity index (χ0) is 14.6. The average molecular weight is 324 g/mol. The molecule has 9 heteroatoms. The first kappa shape index (κ1) is 15.6. The van der Waals surface area contributed by atoms with Crippen molar-refractivity contribution in [3.63, 3.8) is 0 Å². The Morgan fingerprint density at radius 1 is 1.35 bits per heavy atom. The van der Waals surface area contributed by atoms with Crippen LogP contribution in [0.25, 0.3) is 0 Å². The molecule has 1 saturated heterocycles. The first-order valence-corrected chi connectivity index (χ1v) is 8.37. The van der Waals surface area contributed by atoms with Crippen molar-refractivity contribution < 1.29 is 21.9 Å². The van der Waals surface area contributed by atoms with E-state index in [9.17, 15) is 17.2 Å². The minimum absolute atomic E-state index is 0.0702. The second-order valence-electron chi connectivity index (χ2n) is 4.05. The number of alkyl halides is 2. The van der Waals surface area contributed by atoms with E-state index in [1.54, 1.807) is 0 Å². The monoisotopic (exact) mass is 324 g/mol. The lowest BCUT2D eigenvalue weighted by molar-refractivity contribution is 0.0730. The van der Waals surface area contributed by atoms with Crippen molar-refractivity contribution in [3.05, 3.63) is 18.3 Å². The Labute approximate surface area is 120 Å². The van der Waals surface area contributed by atoms with Crippen molar-refractivity contribution in [3.8, 4) is 0 Å². The molecular weight excluding hydrogens is 310 g/mol. The van der Waals surface area contributed by atoms with Crippen LogP contribution >= 0.6 is 11.8 Å². The van der Waals surface area contributed by atoms with Gasteiger partial charge in [0.05, 0.1) is 24.0 Å². The number of hydrogen-bond acceptors (Lipinski definition) is 5. The Morgan fingerprint density at radius 3 is 2.60 bits per heavy atom. The second kappa shape index (κ2) is 6.79. The van der Waals surface area contributed by atoms with E-state index in [2.05, 4.69) is 4.98 Å². The standard InChI is InChI=1S/C11H14F2N2O3S2/c12-10(13)8-19-11-2-1-9(7-14-11)20(16,17)15-3-5-18-6-4-15/h1-2,7,10H,3-6,8H2. The maximum absolute atomic E-state index is 12.3. The van der Waals surface area contributed by atoms with E-state index in [-0.39, 0.29) is 10.6 Å². The van der Waals surface area contributed by atoms with Crippen molar-refractivity contribution in [1.29, 1.82) is 0 Å². The number of ether oxygens (including phenoxy) is 1. The summed E-state index contributed by atoms with van der Waals surface area (Å²) in [5, 5.41) is 0.381. The molecule has 1 fully saturated rings. The number of pyridine rings is 1. The van der Waals surface area contributed by atoms with Gasteiger partial charge in [0.15, 0.2) is 0 Å². The Kier molecular flexibility index (Phi) is 5.30. The number of sulfonamides is 1. The third-order valence-corrected chi connectivity index (χ3v) is 5.51. The van der Waals surface area contributed by atoms with Gasteiger partial charge in [-0.25, -0.2) is 22.2 Å². The molecular formula is C11H14F2N2O3S2. The summed E-state index contributed by atoms with van der Waals surface area (Å²) in [6.07, 6.45) is -1.21. The highest BCUT2D eigenvalue weighted by Crippen LogP contribution is 2.21. The van der Waals surface area contributed by atoms with Gasteiger partial charge in [-0.15, -0.1) is 11.8 Å². The van der Waals surface area contributed by atoms with Crippen molar-refractivity contribution >= 4 is 21.8 Å². The molecule has 20 heavy (non-hydrogen) atoms. The topological polar surface area (TPSA) is 59.5 Å². The highest BCUT2D eigenvalue weighted by atomic mass is 32.2. The molecule has 0 spiro atoms. The Balaban J connectivity index is 2.08. The van der Waals surface area contributed by atoms with E-state index in [0.717, 1.165) is 11.8 Å².